The highest BCUT2D eigenvalue weighted by molar-refractivity contribution is 7.99. The Hall–Kier alpha value is -4.51. The molecule has 42 heavy (non-hydrogen) atoms. The number of hydrogen-bond donors (Lipinski definition) is 1. The molecule has 0 radical (unpaired) electrons. The summed E-state index contributed by atoms with van der Waals surface area (Å²) in [6.45, 7) is 6.53. The molecule has 0 unspecified atom stereocenters. The average Bonchev–Trinajstić information content (AvgIpc) is 3.43. The zero-order chi connectivity index (χ0) is 30.3. The van der Waals surface area contributed by atoms with Crippen LogP contribution in [0.3, 0.4) is 0 Å². The van der Waals surface area contributed by atoms with E-state index in [9.17, 15) is 4.79 Å². The minimum absolute atomic E-state index is 0.0323. The molecule has 0 aliphatic heterocycles. The van der Waals surface area contributed by atoms with E-state index in [0.717, 1.165) is 17.0 Å². The molecular formula is C31H35N5O5S. The number of aromatic nitrogens is 3. The third-order valence-electron chi connectivity index (χ3n) is 6.40. The Morgan fingerprint density at radius 2 is 1.55 bits per heavy atom. The molecule has 1 aromatic heterocycles. The molecule has 0 aliphatic rings. The second-order valence-electron chi connectivity index (χ2n) is 10.2. The number of carbonyl (C=O) groups is 1. The molecule has 10 nitrogen and oxygen atoms in total. The van der Waals surface area contributed by atoms with Crippen molar-refractivity contribution in [3.05, 3.63) is 71.8 Å². The van der Waals surface area contributed by atoms with Gasteiger partial charge in [-0.3, -0.25) is 9.36 Å². The summed E-state index contributed by atoms with van der Waals surface area (Å²) in [5, 5.41) is 13.6. The van der Waals surface area contributed by atoms with Crippen LogP contribution in [0.15, 0.2) is 70.9 Å². The van der Waals surface area contributed by atoms with Crippen LogP contribution in [0.4, 0.5) is 0 Å². The number of hydrogen-bond acceptors (Lipinski definition) is 9. The molecule has 220 valence electrons. The first-order valence-electron chi connectivity index (χ1n) is 13.1. The fourth-order valence-electron chi connectivity index (χ4n) is 4.15. The Kier molecular flexibility index (Phi) is 9.74. The second-order valence-corrected chi connectivity index (χ2v) is 11.1. The molecule has 11 heteroatoms. The maximum atomic E-state index is 12.7. The molecule has 0 saturated heterocycles. The van der Waals surface area contributed by atoms with Gasteiger partial charge in [-0.25, -0.2) is 5.43 Å². The monoisotopic (exact) mass is 589 g/mol. The molecular weight excluding hydrogens is 554 g/mol. The molecule has 0 fully saturated rings. The van der Waals surface area contributed by atoms with Gasteiger partial charge in [-0.15, -0.1) is 10.2 Å². The minimum atomic E-state index is -0.302. The SMILES string of the molecule is COc1ccc(-n2c(SCC(=O)N/N=C\c3cc(OC)c(OC)c(OC)c3)nnc2-c2ccc(C(C)(C)C)cc2)cc1. The Labute approximate surface area is 250 Å². The van der Waals surface area contributed by atoms with Crippen LogP contribution in [0.2, 0.25) is 0 Å². The van der Waals surface area contributed by atoms with E-state index in [-0.39, 0.29) is 17.1 Å². The predicted molar refractivity (Wildman–Crippen MR) is 165 cm³/mol. The molecule has 0 aliphatic carbocycles. The lowest BCUT2D eigenvalue weighted by Crippen LogP contribution is -2.20. The Morgan fingerprint density at radius 3 is 2.10 bits per heavy atom. The quantitative estimate of drug-likeness (QED) is 0.139. The molecule has 4 aromatic rings. The van der Waals surface area contributed by atoms with E-state index >= 15 is 0 Å². The maximum absolute atomic E-state index is 12.7. The number of benzene rings is 3. The summed E-state index contributed by atoms with van der Waals surface area (Å²) in [7, 11) is 6.23. The molecule has 1 heterocycles. The van der Waals surface area contributed by atoms with Crippen molar-refractivity contribution in [2.45, 2.75) is 31.3 Å². The maximum Gasteiger partial charge on any atom is 0.250 e. The van der Waals surface area contributed by atoms with E-state index in [1.807, 2.05) is 41.0 Å². The number of nitrogens with zero attached hydrogens (tertiary/aromatic N) is 4. The third kappa shape index (κ3) is 7.03. The van der Waals surface area contributed by atoms with E-state index in [0.29, 0.717) is 33.8 Å². The smallest absolute Gasteiger partial charge is 0.250 e. The minimum Gasteiger partial charge on any atom is -0.497 e. The summed E-state index contributed by atoms with van der Waals surface area (Å²) >= 11 is 1.26. The highest BCUT2D eigenvalue weighted by Gasteiger charge is 2.19. The second kappa shape index (κ2) is 13.4. The summed E-state index contributed by atoms with van der Waals surface area (Å²) in [6.07, 6.45) is 1.51. The van der Waals surface area contributed by atoms with E-state index in [2.05, 4.69) is 53.6 Å². The average molecular weight is 590 g/mol. The van der Waals surface area contributed by atoms with Crippen LogP contribution >= 0.6 is 11.8 Å². The van der Waals surface area contributed by atoms with E-state index in [4.69, 9.17) is 18.9 Å². The summed E-state index contributed by atoms with van der Waals surface area (Å²) in [6, 6.07) is 19.4. The van der Waals surface area contributed by atoms with Crippen LogP contribution in [-0.4, -0.2) is 61.1 Å². The van der Waals surface area contributed by atoms with Crippen molar-refractivity contribution in [2.24, 2.45) is 5.10 Å². The predicted octanol–water partition coefficient (Wildman–Crippen LogP) is 5.51. The number of thioether (sulfide) groups is 1. The molecule has 0 bridgehead atoms. The fourth-order valence-corrected chi connectivity index (χ4v) is 4.90. The number of methoxy groups -OCH3 is 4. The van der Waals surface area contributed by atoms with Gasteiger partial charge in [0, 0.05) is 16.8 Å². The standard InChI is InChI=1S/C31H35N5O5S/c1-31(2,3)22-10-8-21(9-11-22)29-34-35-30(36(29)23-12-14-24(38-4)15-13-23)42-19-27(37)33-32-18-20-16-25(39-5)28(41-7)26(17-20)40-6/h8-18H,19H2,1-7H3,(H,33,37)/b32-18-. The van der Waals surface area contributed by atoms with Crippen molar-refractivity contribution >= 4 is 23.9 Å². The van der Waals surface area contributed by atoms with Crippen molar-refractivity contribution in [1.82, 2.24) is 20.2 Å². The van der Waals surface area contributed by atoms with Gasteiger partial charge in [-0.05, 0) is 47.4 Å². The van der Waals surface area contributed by atoms with E-state index < -0.39 is 0 Å². The Balaban J connectivity index is 1.53. The summed E-state index contributed by atoms with van der Waals surface area (Å²) in [5.74, 6) is 2.63. The van der Waals surface area contributed by atoms with E-state index in [1.165, 1.54) is 44.9 Å². The lowest BCUT2D eigenvalue weighted by molar-refractivity contribution is -0.118. The van der Waals surface area contributed by atoms with Gasteiger partial charge < -0.3 is 18.9 Å². The number of hydrazone groups is 1. The van der Waals surface area contributed by atoms with Gasteiger partial charge in [0.05, 0.1) is 40.4 Å². The first kappa shape index (κ1) is 30.4. The molecule has 1 N–H and O–H groups in total. The number of ether oxygens (including phenoxy) is 4. The normalized spacial score (nSPS) is 11.4. The third-order valence-corrected chi connectivity index (χ3v) is 7.32. The first-order valence-corrected chi connectivity index (χ1v) is 14.1. The number of carbonyl (C=O) groups excluding carboxylic acids is 1. The van der Waals surface area contributed by atoms with Gasteiger partial charge in [-0.1, -0.05) is 56.8 Å². The first-order chi connectivity index (χ1) is 20.2. The number of amides is 1. The number of nitrogens with one attached hydrogen (secondary N) is 1. The molecule has 0 saturated carbocycles. The topological polar surface area (TPSA) is 109 Å². The van der Waals surface area contributed by atoms with Crippen LogP contribution in [0.1, 0.15) is 31.9 Å². The van der Waals surface area contributed by atoms with Crippen molar-refractivity contribution in [2.75, 3.05) is 34.2 Å². The van der Waals surface area contributed by atoms with Crippen molar-refractivity contribution in [3.63, 3.8) is 0 Å². The van der Waals surface area contributed by atoms with Crippen molar-refractivity contribution < 1.29 is 23.7 Å². The van der Waals surface area contributed by atoms with Gasteiger partial charge in [0.2, 0.25) is 5.75 Å². The number of rotatable bonds is 11. The summed E-state index contributed by atoms with van der Waals surface area (Å²) in [5.41, 5.74) is 6.24. The van der Waals surface area contributed by atoms with Crippen LogP contribution in [0.5, 0.6) is 23.0 Å². The Morgan fingerprint density at radius 1 is 0.905 bits per heavy atom. The highest BCUT2D eigenvalue weighted by atomic mass is 32.2. The largest absolute Gasteiger partial charge is 0.497 e. The zero-order valence-corrected chi connectivity index (χ0v) is 25.6. The highest BCUT2D eigenvalue weighted by Crippen LogP contribution is 2.37. The van der Waals surface area contributed by atoms with Crippen LogP contribution in [-0.2, 0) is 10.2 Å². The zero-order valence-electron chi connectivity index (χ0n) is 24.8. The lowest BCUT2D eigenvalue weighted by atomic mass is 9.87. The molecule has 0 spiro atoms. The summed E-state index contributed by atoms with van der Waals surface area (Å²) < 4.78 is 23.3. The van der Waals surface area contributed by atoms with Gasteiger partial charge in [0.15, 0.2) is 22.5 Å². The van der Waals surface area contributed by atoms with Gasteiger partial charge in [-0.2, -0.15) is 5.10 Å². The van der Waals surface area contributed by atoms with Gasteiger partial charge in [0.25, 0.3) is 5.91 Å². The van der Waals surface area contributed by atoms with Crippen LogP contribution in [0, 0.1) is 0 Å². The fraction of sp³-hybridized carbons (Fsp3) is 0.290. The summed E-state index contributed by atoms with van der Waals surface area (Å²) in [4.78, 5) is 12.7. The lowest BCUT2D eigenvalue weighted by Gasteiger charge is -2.19. The van der Waals surface area contributed by atoms with E-state index in [1.54, 1.807) is 19.2 Å². The molecule has 4 rings (SSSR count). The van der Waals surface area contributed by atoms with Gasteiger partial charge in [0.1, 0.15) is 5.75 Å². The van der Waals surface area contributed by atoms with Crippen LogP contribution < -0.4 is 24.4 Å². The molecule has 3 aromatic carbocycles. The Bertz CT molecular complexity index is 1520. The molecule has 1 amide bonds. The molecule has 0 atom stereocenters. The van der Waals surface area contributed by atoms with Crippen LogP contribution in [0.25, 0.3) is 17.1 Å². The van der Waals surface area contributed by atoms with Crippen molar-refractivity contribution in [3.8, 4) is 40.1 Å². The van der Waals surface area contributed by atoms with Crippen molar-refractivity contribution in [1.29, 1.82) is 0 Å². The van der Waals surface area contributed by atoms with Gasteiger partial charge >= 0.3 is 0 Å².